The molecular weight excluding hydrogens is 540 g/mol. The lowest BCUT2D eigenvalue weighted by Crippen LogP contribution is -2.49. The van der Waals surface area contributed by atoms with Gasteiger partial charge in [-0.3, -0.25) is 19.5 Å². The van der Waals surface area contributed by atoms with Crippen LogP contribution in [-0.4, -0.2) is 91.9 Å². The molecule has 0 spiro atoms. The first-order chi connectivity index (χ1) is 20.5. The standard InChI is InChI=1S/C31H34N4O7/c1-38-8-7-35-19-30(36)33-26-17-34(16-21-5-6-27-28(12-21)40-10-9-39-27)18-29(26)41-20-22-3-2-4-24(11-22)42-25-13-23(31(35)37)14-32-15-25/h2-6,11-15,26,29H,7-10,16-20H2,1H3,(H,33,36)/t26-,29-/m0/s1. The van der Waals surface area contributed by atoms with Crippen LogP contribution in [0.3, 0.4) is 0 Å². The van der Waals surface area contributed by atoms with E-state index >= 15 is 0 Å². The van der Waals surface area contributed by atoms with Gasteiger partial charge in [-0.05, 0) is 41.5 Å². The predicted octanol–water partition coefficient (Wildman–Crippen LogP) is 2.63. The number of rotatable bonds is 5. The lowest BCUT2D eigenvalue weighted by Gasteiger charge is -2.25. The number of hydrogen-bond donors (Lipinski definition) is 1. The maximum absolute atomic E-state index is 13.5. The van der Waals surface area contributed by atoms with Crippen LogP contribution in [0.25, 0.3) is 0 Å². The molecule has 3 aliphatic rings. The molecule has 2 amide bonds. The van der Waals surface area contributed by atoms with Crippen LogP contribution in [0.4, 0.5) is 0 Å². The number of carbonyl (C=O) groups is 2. The van der Waals surface area contributed by atoms with E-state index in [1.807, 2.05) is 42.5 Å². The average Bonchev–Trinajstić information content (AvgIpc) is 3.38. The highest BCUT2D eigenvalue weighted by atomic mass is 16.6. The molecule has 6 rings (SSSR count). The average molecular weight is 575 g/mol. The van der Waals surface area contributed by atoms with E-state index < -0.39 is 0 Å². The quantitative estimate of drug-likeness (QED) is 0.492. The van der Waals surface area contributed by atoms with E-state index in [-0.39, 0.29) is 43.7 Å². The van der Waals surface area contributed by atoms with Crippen LogP contribution >= 0.6 is 0 Å². The van der Waals surface area contributed by atoms with Gasteiger partial charge in [0.25, 0.3) is 5.91 Å². The fraction of sp³-hybridized carbons (Fsp3) is 0.387. The second-order valence-electron chi connectivity index (χ2n) is 10.6. The number of ether oxygens (including phenoxy) is 5. The molecule has 1 fully saturated rings. The summed E-state index contributed by atoms with van der Waals surface area (Å²) in [5.41, 5.74) is 2.34. The number of benzene rings is 2. The lowest BCUT2D eigenvalue weighted by molar-refractivity contribution is -0.123. The Labute approximate surface area is 244 Å². The zero-order valence-corrected chi connectivity index (χ0v) is 23.5. The Balaban J connectivity index is 1.24. The van der Waals surface area contributed by atoms with Gasteiger partial charge >= 0.3 is 0 Å². The molecule has 1 saturated heterocycles. The minimum atomic E-state index is -0.333. The van der Waals surface area contributed by atoms with Crippen molar-refractivity contribution in [3.63, 3.8) is 0 Å². The Morgan fingerprint density at radius 2 is 1.88 bits per heavy atom. The molecule has 2 atom stereocenters. The molecule has 4 bridgehead atoms. The Hall–Kier alpha value is -4.19. The molecule has 3 aliphatic heterocycles. The van der Waals surface area contributed by atoms with Crippen LogP contribution in [-0.2, 0) is 27.4 Å². The molecule has 1 N–H and O–H groups in total. The SMILES string of the molecule is COCCN1CC(=O)N[C@H]2CN(Cc3ccc4c(c3)OCCO4)C[C@@H]2OCc2cccc(c2)Oc2cncc(c2)C1=O. The zero-order valence-electron chi connectivity index (χ0n) is 23.5. The number of amides is 2. The van der Waals surface area contributed by atoms with E-state index in [0.717, 1.165) is 22.6 Å². The number of pyridine rings is 1. The molecule has 0 radical (unpaired) electrons. The molecule has 2 aromatic carbocycles. The third-order valence-electron chi connectivity index (χ3n) is 7.45. The normalized spacial score (nSPS) is 20.9. The van der Waals surface area contributed by atoms with Gasteiger partial charge in [-0.1, -0.05) is 18.2 Å². The summed E-state index contributed by atoms with van der Waals surface area (Å²) in [5, 5.41) is 3.14. The number of methoxy groups -OCH3 is 1. The van der Waals surface area contributed by atoms with E-state index in [9.17, 15) is 9.59 Å². The number of fused-ring (bicyclic) bond motifs is 6. The molecule has 0 unspecified atom stereocenters. The molecule has 42 heavy (non-hydrogen) atoms. The number of carbonyl (C=O) groups excluding carboxylic acids is 2. The summed E-state index contributed by atoms with van der Waals surface area (Å²) in [7, 11) is 1.56. The number of likely N-dealkylation sites (tertiary alicyclic amines) is 1. The summed E-state index contributed by atoms with van der Waals surface area (Å²) in [6.45, 7) is 3.70. The monoisotopic (exact) mass is 574 g/mol. The molecule has 3 aromatic rings. The van der Waals surface area contributed by atoms with Gasteiger partial charge < -0.3 is 33.9 Å². The maximum Gasteiger partial charge on any atom is 0.256 e. The summed E-state index contributed by atoms with van der Waals surface area (Å²) >= 11 is 0. The minimum Gasteiger partial charge on any atom is -0.486 e. The van der Waals surface area contributed by atoms with Crippen LogP contribution in [0.15, 0.2) is 60.9 Å². The Morgan fingerprint density at radius 3 is 2.76 bits per heavy atom. The maximum atomic E-state index is 13.5. The summed E-state index contributed by atoms with van der Waals surface area (Å²) < 4.78 is 29.1. The molecule has 0 saturated carbocycles. The number of hydrogen-bond acceptors (Lipinski definition) is 9. The van der Waals surface area contributed by atoms with Crippen molar-refractivity contribution in [3.05, 3.63) is 77.6 Å². The smallest absolute Gasteiger partial charge is 0.256 e. The van der Waals surface area contributed by atoms with Gasteiger partial charge in [-0.25, -0.2) is 0 Å². The number of aromatic nitrogens is 1. The van der Waals surface area contributed by atoms with Crippen molar-refractivity contribution < 1.29 is 33.3 Å². The Morgan fingerprint density at radius 1 is 1.00 bits per heavy atom. The van der Waals surface area contributed by atoms with Crippen LogP contribution in [0.2, 0.25) is 0 Å². The molecule has 4 heterocycles. The van der Waals surface area contributed by atoms with Crippen LogP contribution in [0, 0.1) is 0 Å². The van der Waals surface area contributed by atoms with Crippen molar-refractivity contribution >= 4 is 11.8 Å². The molecule has 220 valence electrons. The highest BCUT2D eigenvalue weighted by Crippen LogP contribution is 2.32. The third kappa shape index (κ3) is 6.64. The summed E-state index contributed by atoms with van der Waals surface area (Å²) in [5.74, 6) is 1.93. The van der Waals surface area contributed by atoms with Crippen molar-refractivity contribution in [2.45, 2.75) is 25.3 Å². The summed E-state index contributed by atoms with van der Waals surface area (Å²) in [6.07, 6.45) is 2.77. The first-order valence-corrected chi connectivity index (χ1v) is 14.1. The van der Waals surface area contributed by atoms with E-state index in [1.54, 1.807) is 19.4 Å². The summed E-state index contributed by atoms with van der Waals surface area (Å²) in [6, 6.07) is 15.0. The minimum absolute atomic E-state index is 0.127. The lowest BCUT2D eigenvalue weighted by atomic mass is 10.2. The predicted molar refractivity (Wildman–Crippen MR) is 152 cm³/mol. The molecule has 11 nitrogen and oxygen atoms in total. The summed E-state index contributed by atoms with van der Waals surface area (Å²) in [4.78, 5) is 34.7. The fourth-order valence-electron chi connectivity index (χ4n) is 5.42. The zero-order chi connectivity index (χ0) is 28.9. The first-order valence-electron chi connectivity index (χ1n) is 14.1. The van der Waals surface area contributed by atoms with Gasteiger partial charge in [0.1, 0.15) is 24.7 Å². The second-order valence-corrected chi connectivity index (χ2v) is 10.6. The number of nitrogens with one attached hydrogen (secondary N) is 1. The van der Waals surface area contributed by atoms with Crippen LogP contribution < -0.4 is 19.5 Å². The third-order valence-corrected chi connectivity index (χ3v) is 7.45. The van der Waals surface area contributed by atoms with Gasteiger partial charge in [0.2, 0.25) is 5.91 Å². The van der Waals surface area contributed by atoms with Crippen molar-refractivity contribution in [1.82, 2.24) is 20.1 Å². The van der Waals surface area contributed by atoms with Gasteiger partial charge in [0.05, 0.1) is 43.7 Å². The second kappa shape index (κ2) is 12.8. The number of nitrogens with zero attached hydrogens (tertiary/aromatic N) is 3. The molecule has 11 heteroatoms. The van der Waals surface area contributed by atoms with E-state index in [1.165, 1.54) is 11.1 Å². The van der Waals surface area contributed by atoms with E-state index in [2.05, 4.69) is 15.2 Å². The van der Waals surface area contributed by atoms with E-state index in [4.69, 9.17) is 23.7 Å². The first kappa shape index (κ1) is 28.0. The Bertz CT molecular complexity index is 1430. The van der Waals surface area contributed by atoms with Crippen molar-refractivity contribution in [2.75, 3.05) is 53.1 Å². The topological polar surface area (TPSA) is 112 Å². The van der Waals surface area contributed by atoms with Crippen LogP contribution in [0.5, 0.6) is 23.0 Å². The van der Waals surface area contributed by atoms with Crippen LogP contribution in [0.1, 0.15) is 21.5 Å². The molecule has 1 aromatic heterocycles. The van der Waals surface area contributed by atoms with Crippen molar-refractivity contribution in [3.8, 4) is 23.0 Å². The van der Waals surface area contributed by atoms with Gasteiger partial charge in [-0.15, -0.1) is 0 Å². The van der Waals surface area contributed by atoms with Gasteiger partial charge in [0.15, 0.2) is 11.5 Å². The van der Waals surface area contributed by atoms with E-state index in [0.29, 0.717) is 56.5 Å². The van der Waals surface area contributed by atoms with Crippen molar-refractivity contribution in [1.29, 1.82) is 0 Å². The van der Waals surface area contributed by atoms with Crippen molar-refractivity contribution in [2.24, 2.45) is 0 Å². The van der Waals surface area contributed by atoms with Gasteiger partial charge in [0, 0.05) is 39.5 Å². The molecular formula is C31H34N4O7. The highest BCUT2D eigenvalue weighted by Gasteiger charge is 2.35. The molecule has 0 aliphatic carbocycles. The highest BCUT2D eigenvalue weighted by molar-refractivity contribution is 5.96. The largest absolute Gasteiger partial charge is 0.486 e. The Kier molecular flexibility index (Phi) is 8.50. The fourth-order valence-corrected chi connectivity index (χ4v) is 5.42. The van der Waals surface area contributed by atoms with Gasteiger partial charge in [-0.2, -0.15) is 0 Å².